The Kier molecular flexibility index (Phi) is 8.41. The molecule has 5 rings (SSSR count). The number of piperidine rings is 2. The maximum atomic E-state index is 13.6. The molecular weight excluding hydrogens is 519 g/mol. The van der Waals surface area contributed by atoms with Crippen molar-refractivity contribution in [3.8, 4) is 0 Å². The van der Waals surface area contributed by atoms with E-state index in [1.54, 1.807) is 17.0 Å². The van der Waals surface area contributed by atoms with Gasteiger partial charge in [0.2, 0.25) is 0 Å². The van der Waals surface area contributed by atoms with Crippen LogP contribution in [-0.2, 0) is 15.9 Å². The number of amides is 1. The van der Waals surface area contributed by atoms with Gasteiger partial charge in [0.05, 0.1) is 23.2 Å². The largest absolute Gasteiger partial charge is 0.382 e. The first-order chi connectivity index (χ1) is 18.4. The smallest absolute Gasteiger partial charge is 0.253 e. The number of hydrogen-bond acceptors (Lipinski definition) is 4. The van der Waals surface area contributed by atoms with E-state index in [0.717, 1.165) is 25.2 Å². The molecule has 2 atom stereocenters. The zero-order valence-corrected chi connectivity index (χ0v) is 23.0. The predicted molar refractivity (Wildman–Crippen MR) is 152 cm³/mol. The van der Waals surface area contributed by atoms with Crippen LogP contribution in [0.1, 0.15) is 47.2 Å². The fourth-order valence-electron chi connectivity index (χ4n) is 5.86. The normalized spacial score (nSPS) is 24.3. The lowest BCUT2D eigenvalue weighted by atomic mass is 9.68. The van der Waals surface area contributed by atoms with E-state index in [1.165, 1.54) is 19.3 Å². The van der Waals surface area contributed by atoms with E-state index in [2.05, 4.69) is 4.90 Å². The SMILES string of the molecule is O=C(c1ccccc1)N1CCC(O)(c2ccccc2)C(OCCN2CCCCC2)(c2ccc(Cl)c(Cl)c2)C1. The summed E-state index contributed by atoms with van der Waals surface area (Å²) in [4.78, 5) is 17.8. The fraction of sp³-hybridized carbons (Fsp3) is 0.387. The molecule has 0 spiro atoms. The number of halogens is 2. The molecule has 0 radical (unpaired) electrons. The summed E-state index contributed by atoms with van der Waals surface area (Å²) in [6.45, 7) is 3.81. The van der Waals surface area contributed by atoms with Crippen LogP contribution in [0.3, 0.4) is 0 Å². The molecule has 7 heteroatoms. The molecule has 0 saturated carbocycles. The number of carbonyl (C=O) groups excluding carboxylic acids is 1. The molecule has 0 aliphatic carbocycles. The van der Waals surface area contributed by atoms with Crippen molar-refractivity contribution < 1.29 is 14.6 Å². The number of hydrogen-bond donors (Lipinski definition) is 1. The monoisotopic (exact) mass is 552 g/mol. The van der Waals surface area contributed by atoms with E-state index >= 15 is 0 Å². The molecule has 2 aliphatic heterocycles. The van der Waals surface area contributed by atoms with Gasteiger partial charge in [-0.05, 0) is 61.3 Å². The van der Waals surface area contributed by atoms with Crippen molar-refractivity contribution in [3.63, 3.8) is 0 Å². The van der Waals surface area contributed by atoms with E-state index in [9.17, 15) is 9.90 Å². The number of nitrogens with zero attached hydrogens (tertiary/aromatic N) is 2. The molecule has 0 aromatic heterocycles. The Balaban J connectivity index is 1.58. The number of carbonyl (C=O) groups is 1. The lowest BCUT2D eigenvalue weighted by Crippen LogP contribution is -2.63. The van der Waals surface area contributed by atoms with Crippen LogP contribution in [0.25, 0.3) is 0 Å². The highest BCUT2D eigenvalue weighted by Crippen LogP contribution is 2.50. The van der Waals surface area contributed by atoms with Crippen LogP contribution < -0.4 is 0 Å². The minimum atomic E-state index is -1.40. The molecule has 0 bridgehead atoms. The van der Waals surface area contributed by atoms with Gasteiger partial charge in [-0.15, -0.1) is 0 Å². The van der Waals surface area contributed by atoms with Crippen molar-refractivity contribution in [1.29, 1.82) is 0 Å². The van der Waals surface area contributed by atoms with Crippen LogP contribution >= 0.6 is 23.2 Å². The van der Waals surface area contributed by atoms with Gasteiger partial charge in [-0.1, -0.05) is 84.2 Å². The quantitative estimate of drug-likeness (QED) is 0.383. The molecule has 38 heavy (non-hydrogen) atoms. The number of rotatable bonds is 7. The van der Waals surface area contributed by atoms with E-state index in [0.29, 0.717) is 40.7 Å². The third-order valence-electron chi connectivity index (χ3n) is 7.98. The van der Waals surface area contributed by atoms with Gasteiger partial charge in [0, 0.05) is 25.1 Å². The number of aliphatic hydroxyl groups is 1. The molecule has 200 valence electrons. The van der Waals surface area contributed by atoms with Crippen LogP contribution in [0.5, 0.6) is 0 Å². The summed E-state index contributed by atoms with van der Waals surface area (Å²) < 4.78 is 6.85. The Morgan fingerprint density at radius 1 is 0.842 bits per heavy atom. The molecule has 3 aromatic rings. The summed E-state index contributed by atoms with van der Waals surface area (Å²) in [7, 11) is 0. The maximum Gasteiger partial charge on any atom is 0.253 e. The van der Waals surface area contributed by atoms with Crippen LogP contribution in [0.15, 0.2) is 78.9 Å². The average Bonchev–Trinajstić information content (AvgIpc) is 2.96. The highest BCUT2D eigenvalue weighted by molar-refractivity contribution is 6.42. The van der Waals surface area contributed by atoms with Gasteiger partial charge in [0.25, 0.3) is 5.91 Å². The molecule has 2 unspecified atom stereocenters. The van der Waals surface area contributed by atoms with E-state index in [1.807, 2.05) is 66.7 Å². The van der Waals surface area contributed by atoms with Crippen molar-refractivity contribution in [2.45, 2.75) is 36.9 Å². The Labute approximate surface area is 234 Å². The highest BCUT2D eigenvalue weighted by atomic mass is 35.5. The van der Waals surface area contributed by atoms with Crippen molar-refractivity contribution in [2.75, 3.05) is 39.3 Å². The summed E-state index contributed by atoms with van der Waals surface area (Å²) >= 11 is 12.8. The summed E-state index contributed by atoms with van der Waals surface area (Å²) in [5.41, 5.74) is -0.616. The zero-order valence-electron chi connectivity index (χ0n) is 21.5. The minimum absolute atomic E-state index is 0.0928. The first-order valence-electron chi connectivity index (χ1n) is 13.4. The van der Waals surface area contributed by atoms with Crippen molar-refractivity contribution in [1.82, 2.24) is 9.80 Å². The second-order valence-corrected chi connectivity index (χ2v) is 11.1. The lowest BCUT2D eigenvalue weighted by Gasteiger charge is -2.54. The van der Waals surface area contributed by atoms with E-state index in [-0.39, 0.29) is 12.5 Å². The second-order valence-electron chi connectivity index (χ2n) is 10.3. The molecule has 2 fully saturated rings. The summed E-state index contributed by atoms with van der Waals surface area (Å²) in [5.74, 6) is -0.0928. The Morgan fingerprint density at radius 2 is 1.53 bits per heavy atom. The van der Waals surface area contributed by atoms with Crippen LogP contribution in [0, 0.1) is 0 Å². The number of benzene rings is 3. The van der Waals surface area contributed by atoms with Crippen molar-refractivity contribution in [2.24, 2.45) is 0 Å². The molecule has 5 nitrogen and oxygen atoms in total. The van der Waals surface area contributed by atoms with Gasteiger partial charge in [0.1, 0.15) is 11.2 Å². The van der Waals surface area contributed by atoms with Crippen LogP contribution in [0.4, 0.5) is 0 Å². The zero-order chi connectivity index (χ0) is 26.6. The molecule has 2 saturated heterocycles. The van der Waals surface area contributed by atoms with Gasteiger partial charge in [-0.25, -0.2) is 0 Å². The van der Waals surface area contributed by atoms with Crippen LogP contribution in [-0.4, -0.2) is 60.1 Å². The minimum Gasteiger partial charge on any atom is -0.382 e. The second kappa shape index (κ2) is 11.8. The molecular formula is C31H34Cl2N2O3. The fourth-order valence-corrected chi connectivity index (χ4v) is 6.16. The van der Waals surface area contributed by atoms with Gasteiger partial charge in [-0.3, -0.25) is 4.79 Å². The first kappa shape index (κ1) is 27.2. The predicted octanol–water partition coefficient (Wildman–Crippen LogP) is 6.13. The van der Waals surface area contributed by atoms with Gasteiger partial charge >= 0.3 is 0 Å². The van der Waals surface area contributed by atoms with Gasteiger partial charge in [-0.2, -0.15) is 0 Å². The maximum absolute atomic E-state index is 13.6. The Bertz CT molecular complexity index is 1240. The number of ether oxygens (including phenoxy) is 1. The molecule has 3 aromatic carbocycles. The van der Waals surface area contributed by atoms with Crippen molar-refractivity contribution in [3.05, 3.63) is 106 Å². The standard InChI is InChI=1S/C31H34Cl2N2O3/c32-27-15-14-26(22-28(27)33)31(38-21-20-34-17-8-3-9-18-34)23-35(29(36)24-10-4-1-5-11-24)19-16-30(31,37)25-12-6-2-7-13-25/h1-2,4-7,10-15,22,37H,3,8-9,16-21,23H2. The van der Waals surface area contributed by atoms with Crippen LogP contribution in [0.2, 0.25) is 10.0 Å². The summed E-state index contributed by atoms with van der Waals surface area (Å²) in [5, 5.41) is 13.4. The van der Waals surface area contributed by atoms with E-state index in [4.69, 9.17) is 27.9 Å². The Morgan fingerprint density at radius 3 is 2.21 bits per heavy atom. The summed E-state index contributed by atoms with van der Waals surface area (Å²) in [6, 6.07) is 24.2. The van der Waals surface area contributed by atoms with E-state index < -0.39 is 11.2 Å². The molecule has 1 amide bonds. The molecule has 2 heterocycles. The Hall–Kier alpha value is -2.41. The third-order valence-corrected chi connectivity index (χ3v) is 8.71. The molecule has 2 aliphatic rings. The number of likely N-dealkylation sites (tertiary alicyclic amines) is 2. The highest BCUT2D eigenvalue weighted by Gasteiger charge is 2.58. The molecule has 1 N–H and O–H groups in total. The van der Waals surface area contributed by atoms with Gasteiger partial charge < -0.3 is 19.6 Å². The first-order valence-corrected chi connectivity index (χ1v) is 14.1. The average molecular weight is 554 g/mol. The van der Waals surface area contributed by atoms with Crippen molar-refractivity contribution >= 4 is 29.1 Å². The topological polar surface area (TPSA) is 53.0 Å². The summed E-state index contributed by atoms with van der Waals surface area (Å²) in [6.07, 6.45) is 3.94. The third kappa shape index (κ3) is 5.36. The lowest BCUT2D eigenvalue weighted by molar-refractivity contribution is -0.226. The van der Waals surface area contributed by atoms with Gasteiger partial charge in [0.15, 0.2) is 0 Å².